The molecule has 0 aliphatic rings. The van der Waals surface area contributed by atoms with Crippen molar-refractivity contribution in [3.8, 4) is 0 Å². The van der Waals surface area contributed by atoms with Crippen molar-refractivity contribution in [3.05, 3.63) is 29.1 Å². The minimum Gasteiger partial charge on any atom is -0.264 e. The number of aryl methyl sites for hydroxylation is 2. The summed E-state index contributed by atoms with van der Waals surface area (Å²) in [5, 5.41) is 0. The van der Waals surface area contributed by atoms with Crippen molar-refractivity contribution in [2.24, 2.45) is 0 Å². The molecule has 0 amide bonds. The Balaban J connectivity index is 3.21. The van der Waals surface area contributed by atoms with Crippen LogP contribution in [0.15, 0.2) is 12.4 Å². The Morgan fingerprint density at radius 2 is 1.55 bits per heavy atom. The lowest BCUT2D eigenvalue weighted by atomic mass is 9.96. The maximum atomic E-state index is 4.13. The SMILES string of the molecule is Cc1cncc(C)c1C(C)C. The Morgan fingerprint density at radius 3 is 1.82 bits per heavy atom. The van der Waals surface area contributed by atoms with Crippen LogP contribution >= 0.6 is 0 Å². The number of rotatable bonds is 1. The van der Waals surface area contributed by atoms with E-state index in [2.05, 4.69) is 32.7 Å². The molecule has 1 aromatic heterocycles. The van der Waals surface area contributed by atoms with Crippen LogP contribution in [0.5, 0.6) is 0 Å². The molecule has 1 heterocycles. The van der Waals surface area contributed by atoms with Gasteiger partial charge in [-0.3, -0.25) is 4.98 Å². The van der Waals surface area contributed by atoms with E-state index in [0.717, 1.165) is 0 Å². The molecule has 0 aromatic carbocycles. The van der Waals surface area contributed by atoms with Crippen molar-refractivity contribution in [1.82, 2.24) is 4.98 Å². The van der Waals surface area contributed by atoms with Crippen molar-refractivity contribution in [2.75, 3.05) is 0 Å². The van der Waals surface area contributed by atoms with Crippen molar-refractivity contribution >= 4 is 0 Å². The van der Waals surface area contributed by atoms with Gasteiger partial charge in [-0.1, -0.05) is 13.8 Å². The van der Waals surface area contributed by atoms with Crippen LogP contribution in [0.25, 0.3) is 0 Å². The second-order valence-corrected chi connectivity index (χ2v) is 3.34. The van der Waals surface area contributed by atoms with E-state index in [1.54, 1.807) is 0 Å². The Labute approximate surface area is 68.5 Å². The van der Waals surface area contributed by atoms with E-state index in [-0.39, 0.29) is 0 Å². The first kappa shape index (κ1) is 8.25. The molecule has 1 heteroatoms. The smallest absolute Gasteiger partial charge is 0.0300 e. The predicted octanol–water partition coefficient (Wildman–Crippen LogP) is 2.82. The Hall–Kier alpha value is -0.850. The summed E-state index contributed by atoms with van der Waals surface area (Å²) in [6.45, 7) is 8.68. The molecule has 0 N–H and O–H groups in total. The lowest BCUT2D eigenvalue weighted by Gasteiger charge is -2.11. The molecule has 0 fully saturated rings. The van der Waals surface area contributed by atoms with Crippen LogP contribution in [0, 0.1) is 13.8 Å². The van der Waals surface area contributed by atoms with Gasteiger partial charge in [-0.25, -0.2) is 0 Å². The lowest BCUT2D eigenvalue weighted by molar-refractivity contribution is 0.840. The Kier molecular flexibility index (Phi) is 2.28. The standard InChI is InChI=1S/C10H15N/c1-7(2)10-8(3)5-11-6-9(10)4/h5-7H,1-4H3. The molecular weight excluding hydrogens is 134 g/mol. The molecule has 60 valence electrons. The summed E-state index contributed by atoms with van der Waals surface area (Å²) in [5.41, 5.74) is 4.06. The first-order valence-electron chi connectivity index (χ1n) is 4.04. The molecule has 11 heavy (non-hydrogen) atoms. The monoisotopic (exact) mass is 149 g/mol. The van der Waals surface area contributed by atoms with Gasteiger partial charge in [0.25, 0.3) is 0 Å². The predicted molar refractivity (Wildman–Crippen MR) is 47.8 cm³/mol. The minimum absolute atomic E-state index is 0.609. The first-order chi connectivity index (χ1) is 5.13. The van der Waals surface area contributed by atoms with Gasteiger partial charge >= 0.3 is 0 Å². The van der Waals surface area contributed by atoms with E-state index in [1.165, 1.54) is 16.7 Å². The van der Waals surface area contributed by atoms with Crippen LogP contribution in [0.2, 0.25) is 0 Å². The number of hydrogen-bond donors (Lipinski definition) is 0. The van der Waals surface area contributed by atoms with Gasteiger partial charge in [0.1, 0.15) is 0 Å². The summed E-state index contributed by atoms with van der Waals surface area (Å²) >= 11 is 0. The Bertz CT molecular complexity index is 231. The number of nitrogens with zero attached hydrogens (tertiary/aromatic N) is 1. The summed E-state index contributed by atoms with van der Waals surface area (Å²) < 4.78 is 0. The molecule has 0 bridgehead atoms. The molecule has 0 aliphatic carbocycles. The van der Waals surface area contributed by atoms with Gasteiger partial charge in [-0.05, 0) is 36.5 Å². The van der Waals surface area contributed by atoms with Gasteiger partial charge in [0.05, 0.1) is 0 Å². The molecular formula is C10H15N. The summed E-state index contributed by atoms with van der Waals surface area (Å²) in [6.07, 6.45) is 3.87. The molecule has 0 saturated heterocycles. The fourth-order valence-corrected chi connectivity index (χ4v) is 1.62. The van der Waals surface area contributed by atoms with E-state index >= 15 is 0 Å². The van der Waals surface area contributed by atoms with E-state index < -0.39 is 0 Å². The molecule has 0 atom stereocenters. The molecule has 1 rings (SSSR count). The fourth-order valence-electron chi connectivity index (χ4n) is 1.62. The maximum absolute atomic E-state index is 4.13. The van der Waals surface area contributed by atoms with Crippen molar-refractivity contribution in [2.45, 2.75) is 33.6 Å². The highest BCUT2D eigenvalue weighted by Gasteiger charge is 2.05. The zero-order valence-electron chi connectivity index (χ0n) is 7.68. The van der Waals surface area contributed by atoms with Gasteiger partial charge in [0.2, 0.25) is 0 Å². The lowest BCUT2D eigenvalue weighted by Crippen LogP contribution is -1.96. The number of hydrogen-bond acceptors (Lipinski definition) is 1. The molecule has 1 nitrogen and oxygen atoms in total. The zero-order chi connectivity index (χ0) is 8.43. The van der Waals surface area contributed by atoms with E-state index in [4.69, 9.17) is 0 Å². The van der Waals surface area contributed by atoms with Crippen molar-refractivity contribution in [1.29, 1.82) is 0 Å². The van der Waals surface area contributed by atoms with Crippen LogP contribution in [0.4, 0.5) is 0 Å². The second kappa shape index (κ2) is 3.04. The summed E-state index contributed by atoms with van der Waals surface area (Å²) in [7, 11) is 0. The van der Waals surface area contributed by atoms with Gasteiger partial charge in [0, 0.05) is 12.4 Å². The Morgan fingerprint density at radius 1 is 1.09 bits per heavy atom. The summed E-state index contributed by atoms with van der Waals surface area (Å²) in [5.74, 6) is 0.609. The molecule has 0 saturated carbocycles. The molecule has 0 unspecified atom stereocenters. The van der Waals surface area contributed by atoms with Gasteiger partial charge < -0.3 is 0 Å². The van der Waals surface area contributed by atoms with Gasteiger partial charge in [-0.2, -0.15) is 0 Å². The summed E-state index contributed by atoms with van der Waals surface area (Å²) in [6, 6.07) is 0. The highest BCUT2D eigenvalue weighted by molar-refractivity contribution is 5.32. The second-order valence-electron chi connectivity index (χ2n) is 3.34. The fraction of sp³-hybridized carbons (Fsp3) is 0.500. The van der Waals surface area contributed by atoms with Crippen molar-refractivity contribution < 1.29 is 0 Å². The third-order valence-corrected chi connectivity index (χ3v) is 1.96. The number of aromatic nitrogens is 1. The largest absolute Gasteiger partial charge is 0.264 e. The highest BCUT2D eigenvalue weighted by Crippen LogP contribution is 2.21. The van der Waals surface area contributed by atoms with Gasteiger partial charge in [0.15, 0.2) is 0 Å². The van der Waals surface area contributed by atoms with Crippen molar-refractivity contribution in [3.63, 3.8) is 0 Å². The molecule has 0 aliphatic heterocycles. The zero-order valence-corrected chi connectivity index (χ0v) is 7.68. The minimum atomic E-state index is 0.609. The average Bonchev–Trinajstić information content (AvgIpc) is 1.85. The van der Waals surface area contributed by atoms with Crippen LogP contribution in [-0.4, -0.2) is 4.98 Å². The third-order valence-electron chi connectivity index (χ3n) is 1.96. The van der Waals surface area contributed by atoms with Gasteiger partial charge in [-0.15, -0.1) is 0 Å². The van der Waals surface area contributed by atoms with Crippen LogP contribution in [-0.2, 0) is 0 Å². The van der Waals surface area contributed by atoms with E-state index in [9.17, 15) is 0 Å². The first-order valence-corrected chi connectivity index (χ1v) is 4.04. The molecule has 0 spiro atoms. The maximum Gasteiger partial charge on any atom is 0.0300 e. The van der Waals surface area contributed by atoms with Crippen LogP contribution < -0.4 is 0 Å². The quantitative estimate of drug-likeness (QED) is 0.598. The third kappa shape index (κ3) is 1.59. The van der Waals surface area contributed by atoms with Crippen LogP contribution in [0.3, 0.4) is 0 Å². The average molecular weight is 149 g/mol. The summed E-state index contributed by atoms with van der Waals surface area (Å²) in [4.78, 5) is 4.13. The highest BCUT2D eigenvalue weighted by atomic mass is 14.6. The van der Waals surface area contributed by atoms with Crippen LogP contribution in [0.1, 0.15) is 36.5 Å². The van der Waals surface area contributed by atoms with E-state index in [0.29, 0.717) is 5.92 Å². The molecule has 0 radical (unpaired) electrons. The van der Waals surface area contributed by atoms with E-state index in [1.807, 2.05) is 12.4 Å². The topological polar surface area (TPSA) is 12.9 Å². The number of pyridine rings is 1. The normalized spacial score (nSPS) is 10.6. The molecule has 1 aromatic rings.